The van der Waals surface area contributed by atoms with Gasteiger partial charge >= 0.3 is 0 Å². The lowest BCUT2D eigenvalue weighted by Gasteiger charge is -2.03. The quantitative estimate of drug-likeness (QED) is 0.820. The van der Waals surface area contributed by atoms with Gasteiger partial charge in [-0.25, -0.2) is 18.2 Å². The molecule has 0 saturated heterocycles. The van der Waals surface area contributed by atoms with Crippen molar-refractivity contribution in [3.8, 4) is 0 Å². The Balaban J connectivity index is 3.23. The van der Waals surface area contributed by atoms with Crippen molar-refractivity contribution in [2.24, 2.45) is 0 Å². The molecule has 0 unspecified atom stereocenters. The minimum absolute atomic E-state index is 0.0794. The molecule has 6 heteroatoms. The third kappa shape index (κ3) is 1.69. The van der Waals surface area contributed by atoms with Crippen LogP contribution >= 0.6 is 15.9 Å². The highest BCUT2D eigenvalue weighted by Crippen LogP contribution is 2.27. The standard InChI is InChI=1S/C6H4BrF3N2/c7-2-1-3(8)6(11)12-4(2)5(9)10/h1,5H,(H2,11,12). The van der Waals surface area contributed by atoms with E-state index in [4.69, 9.17) is 5.73 Å². The molecule has 1 aromatic rings. The average molecular weight is 241 g/mol. The zero-order valence-electron chi connectivity index (χ0n) is 5.69. The number of hydrogen-bond acceptors (Lipinski definition) is 2. The van der Waals surface area contributed by atoms with Gasteiger partial charge in [-0.05, 0) is 22.0 Å². The molecular formula is C6H4BrF3N2. The van der Waals surface area contributed by atoms with Crippen LogP contribution in [0.4, 0.5) is 19.0 Å². The fourth-order valence-corrected chi connectivity index (χ4v) is 1.11. The van der Waals surface area contributed by atoms with Crippen LogP contribution in [0.5, 0.6) is 0 Å². The summed E-state index contributed by atoms with van der Waals surface area (Å²) in [6, 6.07) is 0.865. The lowest BCUT2D eigenvalue weighted by atomic mass is 10.3. The molecule has 0 bridgehead atoms. The van der Waals surface area contributed by atoms with Gasteiger partial charge in [-0.3, -0.25) is 0 Å². The van der Waals surface area contributed by atoms with Gasteiger partial charge in [0.1, 0.15) is 5.69 Å². The minimum Gasteiger partial charge on any atom is -0.381 e. The van der Waals surface area contributed by atoms with E-state index in [1.807, 2.05) is 0 Å². The van der Waals surface area contributed by atoms with Gasteiger partial charge in [0.2, 0.25) is 0 Å². The minimum atomic E-state index is -2.76. The van der Waals surface area contributed by atoms with Crippen LogP contribution < -0.4 is 5.73 Å². The first kappa shape index (κ1) is 9.31. The summed E-state index contributed by atoms with van der Waals surface area (Å²) in [6.07, 6.45) is -2.76. The maximum absolute atomic E-state index is 12.6. The molecule has 1 heterocycles. The van der Waals surface area contributed by atoms with Gasteiger partial charge in [0.25, 0.3) is 6.43 Å². The number of halogens is 4. The molecule has 0 aliphatic carbocycles. The van der Waals surface area contributed by atoms with Crippen LogP contribution in [0.15, 0.2) is 10.5 Å². The van der Waals surface area contributed by atoms with Crippen molar-refractivity contribution in [2.75, 3.05) is 5.73 Å². The highest BCUT2D eigenvalue weighted by Gasteiger charge is 2.15. The second-order valence-electron chi connectivity index (χ2n) is 2.02. The Hall–Kier alpha value is -0.780. The second kappa shape index (κ2) is 3.30. The molecule has 0 atom stereocenters. The number of nitrogen functional groups attached to an aromatic ring is 1. The lowest BCUT2D eigenvalue weighted by molar-refractivity contribution is 0.145. The average Bonchev–Trinajstić information content (AvgIpc) is 1.96. The largest absolute Gasteiger partial charge is 0.381 e. The smallest absolute Gasteiger partial charge is 0.281 e. The van der Waals surface area contributed by atoms with E-state index in [9.17, 15) is 13.2 Å². The van der Waals surface area contributed by atoms with Gasteiger partial charge < -0.3 is 5.73 Å². The summed E-state index contributed by atoms with van der Waals surface area (Å²) in [4.78, 5) is 3.18. The Bertz CT molecular complexity index is 303. The Morgan fingerprint density at radius 3 is 2.58 bits per heavy atom. The summed E-state index contributed by atoms with van der Waals surface area (Å²) >= 11 is 2.74. The van der Waals surface area contributed by atoms with Crippen molar-refractivity contribution in [1.82, 2.24) is 4.98 Å². The van der Waals surface area contributed by atoms with Crippen molar-refractivity contribution >= 4 is 21.7 Å². The van der Waals surface area contributed by atoms with E-state index in [1.54, 1.807) is 0 Å². The SMILES string of the molecule is Nc1nc(C(F)F)c(Br)cc1F. The number of hydrogen-bond donors (Lipinski definition) is 1. The number of alkyl halides is 2. The maximum atomic E-state index is 12.6. The van der Waals surface area contributed by atoms with E-state index in [-0.39, 0.29) is 4.47 Å². The van der Waals surface area contributed by atoms with Crippen LogP contribution in [0, 0.1) is 5.82 Å². The summed E-state index contributed by atoms with van der Waals surface area (Å²) in [6.45, 7) is 0. The third-order valence-corrected chi connectivity index (χ3v) is 1.83. The van der Waals surface area contributed by atoms with Crippen molar-refractivity contribution < 1.29 is 13.2 Å². The van der Waals surface area contributed by atoms with Crippen molar-refractivity contribution in [2.45, 2.75) is 6.43 Å². The summed E-state index contributed by atoms with van der Waals surface area (Å²) in [5.74, 6) is -1.33. The number of nitrogens with zero attached hydrogens (tertiary/aromatic N) is 1. The molecule has 12 heavy (non-hydrogen) atoms. The molecule has 0 amide bonds. The molecule has 0 saturated carbocycles. The molecule has 0 radical (unpaired) electrons. The highest BCUT2D eigenvalue weighted by molar-refractivity contribution is 9.10. The number of rotatable bonds is 1. The van der Waals surface area contributed by atoms with Crippen LogP contribution in [-0.2, 0) is 0 Å². The topological polar surface area (TPSA) is 38.9 Å². The normalized spacial score (nSPS) is 10.8. The molecule has 0 aliphatic rings. The zero-order valence-corrected chi connectivity index (χ0v) is 7.28. The fraction of sp³-hybridized carbons (Fsp3) is 0.167. The second-order valence-corrected chi connectivity index (χ2v) is 2.88. The summed E-state index contributed by atoms with van der Waals surface area (Å²) in [5, 5.41) is 0. The van der Waals surface area contributed by atoms with E-state index >= 15 is 0 Å². The predicted molar refractivity (Wildman–Crippen MR) is 41.3 cm³/mol. The first-order chi connectivity index (χ1) is 5.52. The number of nitrogens with two attached hydrogens (primary N) is 1. The van der Waals surface area contributed by atoms with Crippen LogP contribution in [0.1, 0.15) is 12.1 Å². The van der Waals surface area contributed by atoms with Crippen LogP contribution in [0.2, 0.25) is 0 Å². The molecule has 0 fully saturated rings. The van der Waals surface area contributed by atoms with Crippen LogP contribution in [0.3, 0.4) is 0 Å². The molecule has 1 rings (SSSR count). The summed E-state index contributed by atoms with van der Waals surface area (Å²) < 4.78 is 36.6. The third-order valence-electron chi connectivity index (χ3n) is 1.19. The molecule has 2 N–H and O–H groups in total. The van der Waals surface area contributed by atoms with E-state index in [0.717, 1.165) is 6.07 Å². The van der Waals surface area contributed by atoms with Crippen molar-refractivity contribution in [1.29, 1.82) is 0 Å². The maximum Gasteiger partial charge on any atom is 0.281 e. The van der Waals surface area contributed by atoms with Gasteiger partial charge in [0.05, 0.1) is 0 Å². The number of aromatic nitrogens is 1. The Morgan fingerprint density at radius 1 is 1.50 bits per heavy atom. The monoisotopic (exact) mass is 240 g/mol. The molecule has 2 nitrogen and oxygen atoms in total. The Morgan fingerprint density at radius 2 is 2.08 bits per heavy atom. The van der Waals surface area contributed by atoms with Crippen LogP contribution in [-0.4, -0.2) is 4.98 Å². The first-order valence-electron chi connectivity index (χ1n) is 2.92. The van der Waals surface area contributed by atoms with Crippen molar-refractivity contribution in [3.05, 3.63) is 22.1 Å². The zero-order chi connectivity index (χ0) is 9.30. The molecule has 0 aliphatic heterocycles. The predicted octanol–water partition coefficient (Wildman–Crippen LogP) is 2.50. The van der Waals surface area contributed by atoms with E-state index < -0.39 is 23.8 Å². The van der Waals surface area contributed by atoms with Gasteiger partial charge in [0, 0.05) is 4.47 Å². The van der Waals surface area contributed by atoms with Gasteiger partial charge in [0.15, 0.2) is 11.6 Å². The summed E-state index contributed by atoms with van der Waals surface area (Å²) in [5.41, 5.74) is 4.44. The Kier molecular flexibility index (Phi) is 2.56. The number of anilines is 1. The molecule has 0 spiro atoms. The molecule has 1 aromatic heterocycles. The van der Waals surface area contributed by atoms with Crippen molar-refractivity contribution in [3.63, 3.8) is 0 Å². The van der Waals surface area contributed by atoms with E-state index in [2.05, 4.69) is 20.9 Å². The van der Waals surface area contributed by atoms with Gasteiger partial charge in [-0.2, -0.15) is 0 Å². The molecule has 0 aromatic carbocycles. The van der Waals surface area contributed by atoms with E-state index in [0.29, 0.717) is 0 Å². The lowest BCUT2D eigenvalue weighted by Crippen LogP contribution is -2.00. The molecular weight excluding hydrogens is 237 g/mol. The van der Waals surface area contributed by atoms with E-state index in [1.165, 1.54) is 0 Å². The highest BCUT2D eigenvalue weighted by atomic mass is 79.9. The molecule has 66 valence electrons. The van der Waals surface area contributed by atoms with Gasteiger partial charge in [-0.15, -0.1) is 0 Å². The summed E-state index contributed by atoms with van der Waals surface area (Å²) in [7, 11) is 0. The first-order valence-corrected chi connectivity index (χ1v) is 3.71. The van der Waals surface area contributed by atoms with Crippen LogP contribution in [0.25, 0.3) is 0 Å². The van der Waals surface area contributed by atoms with Gasteiger partial charge in [-0.1, -0.05) is 0 Å². The number of pyridine rings is 1. The fourth-order valence-electron chi connectivity index (χ4n) is 0.649. The Labute approximate surface area is 74.7 Å².